The molecular formula is C17H17N3O4. The highest BCUT2D eigenvalue weighted by Gasteiger charge is 2.15. The molecule has 0 spiro atoms. The summed E-state index contributed by atoms with van der Waals surface area (Å²) >= 11 is 0. The standard InChI is InChI=1S/C17H17N3O4/c1-24-14(22)6-4-2-3-5-11-7-8-12-13(9-11)20-17(19-10-21)15(12)16(18)23/h7-10,20H,2,4,6H2,1H3,(H2,18,23)(H,19,21). The highest BCUT2D eigenvalue weighted by Crippen LogP contribution is 2.26. The maximum Gasteiger partial charge on any atom is 0.305 e. The van der Waals surface area contributed by atoms with Crippen molar-refractivity contribution in [1.82, 2.24) is 4.98 Å². The number of ether oxygens (including phenoxy) is 1. The van der Waals surface area contributed by atoms with Crippen molar-refractivity contribution in [2.75, 3.05) is 12.4 Å². The number of H-pyrrole nitrogens is 1. The van der Waals surface area contributed by atoms with Gasteiger partial charge in [-0.05, 0) is 18.6 Å². The Morgan fingerprint density at radius 1 is 1.42 bits per heavy atom. The highest BCUT2D eigenvalue weighted by atomic mass is 16.5. The first-order valence-electron chi connectivity index (χ1n) is 7.28. The summed E-state index contributed by atoms with van der Waals surface area (Å²) < 4.78 is 4.56. The van der Waals surface area contributed by atoms with Crippen LogP contribution < -0.4 is 11.1 Å². The van der Waals surface area contributed by atoms with Gasteiger partial charge in [0.15, 0.2) is 0 Å². The molecule has 0 fully saturated rings. The van der Waals surface area contributed by atoms with Crippen LogP contribution >= 0.6 is 0 Å². The van der Waals surface area contributed by atoms with E-state index in [9.17, 15) is 14.4 Å². The number of benzene rings is 1. The molecule has 24 heavy (non-hydrogen) atoms. The Morgan fingerprint density at radius 3 is 2.88 bits per heavy atom. The van der Waals surface area contributed by atoms with E-state index in [2.05, 4.69) is 26.9 Å². The van der Waals surface area contributed by atoms with E-state index in [1.54, 1.807) is 18.2 Å². The minimum Gasteiger partial charge on any atom is -0.469 e. The van der Waals surface area contributed by atoms with Crippen LogP contribution in [0.15, 0.2) is 18.2 Å². The van der Waals surface area contributed by atoms with E-state index < -0.39 is 5.91 Å². The lowest BCUT2D eigenvalue weighted by atomic mass is 10.1. The summed E-state index contributed by atoms with van der Waals surface area (Å²) in [5.41, 5.74) is 6.99. The van der Waals surface area contributed by atoms with Gasteiger partial charge in [0.2, 0.25) is 6.41 Å². The molecule has 1 aromatic heterocycles. The predicted molar refractivity (Wildman–Crippen MR) is 89.2 cm³/mol. The number of amides is 2. The fourth-order valence-corrected chi connectivity index (χ4v) is 2.29. The number of carbonyl (C=O) groups excluding carboxylic acids is 3. The molecule has 0 aliphatic rings. The van der Waals surface area contributed by atoms with Crippen molar-refractivity contribution in [1.29, 1.82) is 0 Å². The molecule has 7 heteroatoms. The molecule has 1 heterocycles. The van der Waals surface area contributed by atoms with Crippen LogP contribution in [0.1, 0.15) is 35.2 Å². The Hall–Kier alpha value is -3.27. The van der Waals surface area contributed by atoms with Gasteiger partial charge in [0.25, 0.3) is 5.91 Å². The van der Waals surface area contributed by atoms with Crippen LogP contribution in [0, 0.1) is 11.8 Å². The van der Waals surface area contributed by atoms with Crippen LogP contribution in [0.2, 0.25) is 0 Å². The summed E-state index contributed by atoms with van der Waals surface area (Å²) in [6.45, 7) is 0. The quantitative estimate of drug-likeness (QED) is 0.323. The van der Waals surface area contributed by atoms with Gasteiger partial charge in [-0.15, -0.1) is 0 Å². The minimum absolute atomic E-state index is 0.231. The molecule has 0 aliphatic carbocycles. The summed E-state index contributed by atoms with van der Waals surface area (Å²) in [6.07, 6.45) is 2.01. The van der Waals surface area contributed by atoms with E-state index >= 15 is 0 Å². The van der Waals surface area contributed by atoms with Gasteiger partial charge in [0.1, 0.15) is 5.82 Å². The molecule has 1 aromatic carbocycles. The Balaban J connectivity index is 2.18. The zero-order valence-electron chi connectivity index (χ0n) is 13.1. The van der Waals surface area contributed by atoms with Crippen LogP contribution in [0.5, 0.6) is 0 Å². The maximum absolute atomic E-state index is 11.6. The largest absolute Gasteiger partial charge is 0.469 e. The Labute approximate surface area is 138 Å². The molecule has 124 valence electrons. The van der Waals surface area contributed by atoms with Crippen molar-refractivity contribution in [3.05, 3.63) is 29.3 Å². The van der Waals surface area contributed by atoms with Crippen molar-refractivity contribution in [2.45, 2.75) is 19.3 Å². The molecule has 0 saturated carbocycles. The maximum atomic E-state index is 11.6. The zero-order valence-corrected chi connectivity index (χ0v) is 13.1. The van der Waals surface area contributed by atoms with Crippen molar-refractivity contribution < 1.29 is 19.1 Å². The fraction of sp³-hybridized carbons (Fsp3) is 0.235. The van der Waals surface area contributed by atoms with E-state index in [1.165, 1.54) is 7.11 Å². The zero-order chi connectivity index (χ0) is 17.5. The molecule has 0 bridgehead atoms. The minimum atomic E-state index is -0.632. The van der Waals surface area contributed by atoms with Crippen molar-refractivity contribution in [3.63, 3.8) is 0 Å². The highest BCUT2D eigenvalue weighted by molar-refractivity contribution is 6.12. The SMILES string of the molecule is COC(=O)CCCC#Cc1ccc2c(C(N)=O)c(NC=O)[nH]c2c1. The molecule has 0 aliphatic heterocycles. The third-order valence-electron chi connectivity index (χ3n) is 3.39. The van der Waals surface area contributed by atoms with E-state index in [0.29, 0.717) is 36.6 Å². The van der Waals surface area contributed by atoms with Crippen LogP contribution in [-0.2, 0) is 14.3 Å². The van der Waals surface area contributed by atoms with E-state index in [1.807, 2.05) is 0 Å². The average molecular weight is 327 g/mol. The number of unbranched alkanes of at least 4 members (excludes halogenated alkanes) is 1. The molecule has 0 atom stereocenters. The predicted octanol–water partition coefficient (Wildman–Crippen LogP) is 1.53. The lowest BCUT2D eigenvalue weighted by molar-refractivity contribution is -0.140. The van der Waals surface area contributed by atoms with Crippen LogP contribution in [0.4, 0.5) is 5.82 Å². The number of carbonyl (C=O) groups is 3. The molecular weight excluding hydrogens is 310 g/mol. The third-order valence-corrected chi connectivity index (χ3v) is 3.39. The molecule has 0 radical (unpaired) electrons. The fourth-order valence-electron chi connectivity index (χ4n) is 2.29. The van der Waals surface area contributed by atoms with Crippen molar-refractivity contribution in [3.8, 4) is 11.8 Å². The topological polar surface area (TPSA) is 114 Å². The van der Waals surface area contributed by atoms with Gasteiger partial charge in [-0.25, -0.2) is 0 Å². The van der Waals surface area contributed by atoms with Gasteiger partial charge in [0.05, 0.1) is 12.7 Å². The number of hydrogen-bond acceptors (Lipinski definition) is 4. The second-order valence-electron chi connectivity index (χ2n) is 4.99. The molecule has 0 unspecified atom stereocenters. The lowest BCUT2D eigenvalue weighted by Crippen LogP contribution is -2.13. The Bertz CT molecular complexity index is 843. The summed E-state index contributed by atoms with van der Waals surface area (Å²) in [4.78, 5) is 36.1. The van der Waals surface area contributed by atoms with Gasteiger partial charge in [-0.3, -0.25) is 14.4 Å². The molecule has 2 rings (SSSR count). The van der Waals surface area contributed by atoms with Gasteiger partial charge >= 0.3 is 5.97 Å². The smallest absolute Gasteiger partial charge is 0.305 e. The summed E-state index contributed by atoms with van der Waals surface area (Å²) in [5.74, 6) is 5.35. The number of methoxy groups -OCH3 is 1. The first-order chi connectivity index (χ1) is 11.6. The first kappa shape index (κ1) is 17.1. The summed E-state index contributed by atoms with van der Waals surface area (Å²) in [6, 6.07) is 5.26. The normalized spacial score (nSPS) is 9.88. The Kier molecular flexibility index (Phi) is 5.58. The first-order valence-corrected chi connectivity index (χ1v) is 7.28. The average Bonchev–Trinajstić information content (AvgIpc) is 2.92. The van der Waals surface area contributed by atoms with E-state index in [-0.39, 0.29) is 17.4 Å². The number of fused-ring (bicyclic) bond motifs is 1. The van der Waals surface area contributed by atoms with Crippen LogP contribution in [0.25, 0.3) is 10.9 Å². The molecule has 2 aromatic rings. The second-order valence-corrected chi connectivity index (χ2v) is 4.99. The molecule has 2 amide bonds. The number of hydrogen-bond donors (Lipinski definition) is 3. The molecule has 4 N–H and O–H groups in total. The van der Waals surface area contributed by atoms with Gasteiger partial charge in [-0.2, -0.15) is 0 Å². The number of aromatic nitrogens is 1. The van der Waals surface area contributed by atoms with E-state index in [0.717, 1.165) is 5.56 Å². The number of nitrogens with one attached hydrogen (secondary N) is 2. The summed E-state index contributed by atoms with van der Waals surface area (Å²) in [5, 5.41) is 3.04. The number of aromatic amines is 1. The van der Waals surface area contributed by atoms with Crippen molar-refractivity contribution in [2.24, 2.45) is 5.73 Å². The van der Waals surface area contributed by atoms with Crippen molar-refractivity contribution >= 4 is 35.0 Å². The van der Waals surface area contributed by atoms with Gasteiger partial charge in [0, 0.05) is 29.3 Å². The van der Waals surface area contributed by atoms with E-state index in [4.69, 9.17) is 5.73 Å². The molecule has 7 nitrogen and oxygen atoms in total. The number of anilines is 1. The number of primary amides is 1. The van der Waals surface area contributed by atoms with Crippen LogP contribution in [0.3, 0.4) is 0 Å². The molecule has 0 saturated heterocycles. The Morgan fingerprint density at radius 2 is 2.21 bits per heavy atom. The monoisotopic (exact) mass is 327 g/mol. The lowest BCUT2D eigenvalue weighted by Gasteiger charge is -1.97. The number of rotatable bonds is 6. The number of esters is 1. The second kappa shape index (κ2) is 7.83. The van der Waals surface area contributed by atoms with Crippen LogP contribution in [-0.4, -0.2) is 30.4 Å². The third kappa shape index (κ3) is 3.93. The van der Waals surface area contributed by atoms with Gasteiger partial charge < -0.3 is 20.8 Å². The summed E-state index contributed by atoms with van der Waals surface area (Å²) in [7, 11) is 1.35. The van der Waals surface area contributed by atoms with Gasteiger partial charge in [-0.1, -0.05) is 17.9 Å². The number of nitrogens with two attached hydrogens (primary N) is 1.